The molecule has 170 valence electrons. The van der Waals surface area contributed by atoms with Crippen molar-refractivity contribution >= 4 is 22.8 Å². The van der Waals surface area contributed by atoms with Crippen molar-refractivity contribution in [3.05, 3.63) is 36.0 Å². The van der Waals surface area contributed by atoms with E-state index in [1.165, 1.54) is 0 Å². The predicted octanol–water partition coefficient (Wildman–Crippen LogP) is 1.14. The molecule has 1 aliphatic carbocycles. The largest absolute Gasteiger partial charge is 0.393 e. The number of anilines is 2. The first-order valence-electron chi connectivity index (χ1n) is 11.5. The standard InChI is InChI=1S/C23H26N8O2/c24-11-15-2-1-3-17(8-15)31-22-20(12-25-31)21(27-23(28-22)26-16-9-19(32)10-16)30-13-18(14-30)29-4-6-33-7-5-29/h1-3,8,12,16,18-19,32H,4-7,9-10,13-14H2,(H,26,27,28)/t16-,19+. The van der Waals surface area contributed by atoms with Gasteiger partial charge in [-0.05, 0) is 31.0 Å². The fourth-order valence-corrected chi connectivity index (χ4v) is 4.78. The number of morpholine rings is 1. The molecule has 2 aromatic heterocycles. The lowest BCUT2D eigenvalue weighted by Gasteiger charge is -2.47. The molecule has 0 radical (unpaired) electrons. The van der Waals surface area contributed by atoms with Crippen molar-refractivity contribution < 1.29 is 9.84 Å². The molecule has 33 heavy (non-hydrogen) atoms. The molecule has 1 aromatic carbocycles. The van der Waals surface area contributed by atoms with Crippen LogP contribution in [-0.4, -0.2) is 87.3 Å². The van der Waals surface area contributed by atoms with Crippen molar-refractivity contribution in [2.75, 3.05) is 49.6 Å². The molecule has 2 saturated heterocycles. The lowest BCUT2D eigenvalue weighted by Crippen LogP contribution is -2.61. The van der Waals surface area contributed by atoms with Crippen LogP contribution in [0.1, 0.15) is 18.4 Å². The molecule has 2 N–H and O–H groups in total. The number of rotatable bonds is 5. The number of hydrogen-bond acceptors (Lipinski definition) is 9. The summed E-state index contributed by atoms with van der Waals surface area (Å²) in [5.41, 5.74) is 2.06. The quantitative estimate of drug-likeness (QED) is 0.595. The summed E-state index contributed by atoms with van der Waals surface area (Å²) in [6.45, 7) is 5.35. The van der Waals surface area contributed by atoms with E-state index >= 15 is 0 Å². The first kappa shape index (κ1) is 20.4. The Labute approximate surface area is 191 Å². The average molecular weight is 447 g/mol. The summed E-state index contributed by atoms with van der Waals surface area (Å²) in [6.07, 6.45) is 2.95. The average Bonchev–Trinajstić information content (AvgIpc) is 3.22. The highest BCUT2D eigenvalue weighted by Crippen LogP contribution is 2.32. The minimum atomic E-state index is -0.255. The molecule has 6 rings (SSSR count). The van der Waals surface area contributed by atoms with Crippen LogP contribution in [0.2, 0.25) is 0 Å². The molecular formula is C23H26N8O2. The lowest BCUT2D eigenvalue weighted by atomic mass is 9.90. The van der Waals surface area contributed by atoms with Gasteiger partial charge in [-0.25, -0.2) is 4.68 Å². The van der Waals surface area contributed by atoms with Crippen LogP contribution < -0.4 is 10.2 Å². The summed E-state index contributed by atoms with van der Waals surface area (Å²) in [5.74, 6) is 1.41. The van der Waals surface area contributed by atoms with Gasteiger partial charge in [0.2, 0.25) is 5.95 Å². The van der Waals surface area contributed by atoms with Gasteiger partial charge in [-0.2, -0.15) is 20.3 Å². The number of aliphatic hydroxyl groups excluding tert-OH is 1. The van der Waals surface area contributed by atoms with Gasteiger partial charge in [-0.15, -0.1) is 0 Å². The lowest BCUT2D eigenvalue weighted by molar-refractivity contribution is 0.0105. The molecule has 0 bridgehead atoms. The SMILES string of the molecule is N#Cc1cccc(-n2ncc3c(N4CC(N5CCOCC5)C4)nc(N[C@H]4C[C@@H](O)C4)nc32)c1. The number of fused-ring (bicyclic) bond motifs is 1. The number of aliphatic hydroxyl groups is 1. The number of nitriles is 1. The molecule has 2 aliphatic heterocycles. The van der Waals surface area contributed by atoms with Gasteiger partial charge < -0.3 is 20.1 Å². The Morgan fingerprint density at radius 1 is 1.15 bits per heavy atom. The number of ether oxygens (including phenoxy) is 1. The number of nitrogens with zero attached hydrogens (tertiary/aromatic N) is 7. The minimum absolute atomic E-state index is 0.168. The summed E-state index contributed by atoms with van der Waals surface area (Å²) in [7, 11) is 0. The van der Waals surface area contributed by atoms with E-state index in [1.807, 2.05) is 24.4 Å². The van der Waals surface area contributed by atoms with Crippen LogP contribution >= 0.6 is 0 Å². The molecule has 4 heterocycles. The Bertz CT molecular complexity index is 1200. The van der Waals surface area contributed by atoms with Gasteiger partial charge in [0.25, 0.3) is 0 Å². The van der Waals surface area contributed by atoms with E-state index in [1.54, 1.807) is 10.7 Å². The van der Waals surface area contributed by atoms with Crippen LogP contribution in [0.5, 0.6) is 0 Å². The van der Waals surface area contributed by atoms with Crippen molar-refractivity contribution in [2.24, 2.45) is 0 Å². The Balaban J connectivity index is 1.34. The highest BCUT2D eigenvalue weighted by atomic mass is 16.5. The van der Waals surface area contributed by atoms with Crippen LogP contribution in [0, 0.1) is 11.3 Å². The third-order valence-electron chi connectivity index (χ3n) is 6.80. The van der Waals surface area contributed by atoms with Gasteiger partial charge in [0.15, 0.2) is 5.65 Å². The molecule has 10 heteroatoms. The van der Waals surface area contributed by atoms with E-state index in [4.69, 9.17) is 14.7 Å². The maximum absolute atomic E-state index is 9.68. The van der Waals surface area contributed by atoms with Gasteiger partial charge in [0.1, 0.15) is 5.82 Å². The van der Waals surface area contributed by atoms with Gasteiger partial charge in [-0.1, -0.05) is 6.07 Å². The molecule has 3 aliphatic rings. The monoisotopic (exact) mass is 446 g/mol. The van der Waals surface area contributed by atoms with E-state index in [9.17, 15) is 10.4 Å². The smallest absolute Gasteiger partial charge is 0.226 e. The first-order chi connectivity index (χ1) is 16.2. The van der Waals surface area contributed by atoms with Crippen LogP contribution in [0.4, 0.5) is 11.8 Å². The maximum atomic E-state index is 9.68. The highest BCUT2D eigenvalue weighted by molar-refractivity contribution is 5.89. The number of hydrogen-bond donors (Lipinski definition) is 2. The molecule has 0 atom stereocenters. The Morgan fingerprint density at radius 3 is 2.73 bits per heavy atom. The normalized spacial score (nSPS) is 23.7. The second-order valence-electron chi connectivity index (χ2n) is 9.00. The molecule has 0 amide bonds. The molecule has 0 spiro atoms. The van der Waals surface area contributed by atoms with E-state index in [0.29, 0.717) is 36.0 Å². The van der Waals surface area contributed by atoms with Crippen molar-refractivity contribution in [1.29, 1.82) is 5.26 Å². The predicted molar refractivity (Wildman–Crippen MR) is 122 cm³/mol. The molecule has 0 unspecified atom stereocenters. The zero-order valence-electron chi connectivity index (χ0n) is 18.3. The third kappa shape index (κ3) is 3.78. The molecule has 10 nitrogen and oxygen atoms in total. The second kappa shape index (κ2) is 8.26. The van der Waals surface area contributed by atoms with Crippen molar-refractivity contribution in [3.8, 4) is 11.8 Å². The summed E-state index contributed by atoms with van der Waals surface area (Å²) < 4.78 is 7.26. The number of aromatic nitrogens is 4. The molecule has 1 saturated carbocycles. The fourth-order valence-electron chi connectivity index (χ4n) is 4.78. The molecular weight excluding hydrogens is 420 g/mol. The van der Waals surface area contributed by atoms with E-state index in [0.717, 1.165) is 56.3 Å². The van der Waals surface area contributed by atoms with Gasteiger partial charge >= 0.3 is 0 Å². The van der Waals surface area contributed by atoms with E-state index < -0.39 is 0 Å². The first-order valence-corrected chi connectivity index (χ1v) is 11.5. The van der Waals surface area contributed by atoms with E-state index in [-0.39, 0.29) is 12.1 Å². The zero-order chi connectivity index (χ0) is 22.4. The van der Waals surface area contributed by atoms with Crippen LogP contribution in [0.15, 0.2) is 30.5 Å². The Hall–Kier alpha value is -3.26. The van der Waals surface area contributed by atoms with Crippen LogP contribution in [0.25, 0.3) is 16.7 Å². The van der Waals surface area contributed by atoms with Crippen molar-refractivity contribution in [3.63, 3.8) is 0 Å². The Kier molecular flexibility index (Phi) is 5.10. The number of nitrogens with one attached hydrogen (secondary N) is 1. The van der Waals surface area contributed by atoms with Crippen molar-refractivity contribution in [1.82, 2.24) is 24.6 Å². The maximum Gasteiger partial charge on any atom is 0.226 e. The summed E-state index contributed by atoms with van der Waals surface area (Å²) >= 11 is 0. The Morgan fingerprint density at radius 2 is 1.97 bits per heavy atom. The number of benzene rings is 1. The highest BCUT2D eigenvalue weighted by Gasteiger charge is 2.35. The molecule has 3 aromatic rings. The van der Waals surface area contributed by atoms with Crippen molar-refractivity contribution in [2.45, 2.75) is 31.0 Å². The molecule has 3 fully saturated rings. The summed E-state index contributed by atoms with van der Waals surface area (Å²) in [5, 5.41) is 27.9. The zero-order valence-corrected chi connectivity index (χ0v) is 18.3. The van der Waals surface area contributed by atoms with Gasteiger partial charge in [-0.3, -0.25) is 4.90 Å². The van der Waals surface area contributed by atoms with Crippen LogP contribution in [-0.2, 0) is 4.74 Å². The third-order valence-corrected chi connectivity index (χ3v) is 6.80. The van der Waals surface area contributed by atoms with Crippen LogP contribution in [0.3, 0.4) is 0 Å². The minimum Gasteiger partial charge on any atom is -0.393 e. The second-order valence-corrected chi connectivity index (χ2v) is 9.00. The van der Waals surface area contributed by atoms with Gasteiger partial charge in [0.05, 0.1) is 48.2 Å². The van der Waals surface area contributed by atoms with Gasteiger partial charge in [0, 0.05) is 38.3 Å². The fraction of sp³-hybridized carbons (Fsp3) is 0.478. The summed E-state index contributed by atoms with van der Waals surface area (Å²) in [6, 6.07) is 10.2. The topological polar surface area (TPSA) is 115 Å². The van der Waals surface area contributed by atoms with E-state index in [2.05, 4.69) is 26.3 Å². The summed E-state index contributed by atoms with van der Waals surface area (Å²) in [4.78, 5) is 14.4.